The molecule has 82 valence electrons. The van der Waals surface area contributed by atoms with E-state index < -0.39 is 0 Å². The second-order valence-corrected chi connectivity index (χ2v) is 3.76. The quantitative estimate of drug-likeness (QED) is 0.613. The number of aliphatic hydroxyl groups is 1. The van der Waals surface area contributed by atoms with E-state index in [0.29, 0.717) is 0 Å². The summed E-state index contributed by atoms with van der Waals surface area (Å²) in [7, 11) is 0. The largest absolute Gasteiger partial charge is 0.392 e. The van der Waals surface area contributed by atoms with Gasteiger partial charge in [0, 0.05) is 0 Å². The molecule has 0 amide bonds. The Labute approximate surface area is 88.5 Å². The first-order valence-corrected chi connectivity index (χ1v) is 5.68. The molecule has 0 fully saturated rings. The third-order valence-corrected chi connectivity index (χ3v) is 2.43. The molecule has 0 unspecified atom stereocenters. The fourth-order valence-electron chi connectivity index (χ4n) is 1.32. The molecule has 0 aliphatic heterocycles. The van der Waals surface area contributed by atoms with Gasteiger partial charge < -0.3 is 5.11 Å². The van der Waals surface area contributed by atoms with Crippen LogP contribution in [-0.4, -0.2) is 11.7 Å². The maximum absolute atomic E-state index is 8.81. The van der Waals surface area contributed by atoms with E-state index in [4.69, 9.17) is 5.11 Å². The van der Waals surface area contributed by atoms with Gasteiger partial charge >= 0.3 is 0 Å². The van der Waals surface area contributed by atoms with Crippen LogP contribution in [0.25, 0.3) is 0 Å². The number of rotatable bonds is 7. The van der Waals surface area contributed by atoms with E-state index in [2.05, 4.69) is 26.0 Å². The Morgan fingerprint density at radius 2 is 1.93 bits per heavy atom. The normalized spacial score (nSPS) is 13.4. The summed E-state index contributed by atoms with van der Waals surface area (Å²) < 4.78 is 0. The van der Waals surface area contributed by atoms with Crippen LogP contribution in [0.4, 0.5) is 0 Å². The van der Waals surface area contributed by atoms with Crippen LogP contribution < -0.4 is 0 Å². The van der Waals surface area contributed by atoms with Crippen molar-refractivity contribution in [3.8, 4) is 0 Å². The van der Waals surface area contributed by atoms with Crippen LogP contribution >= 0.6 is 0 Å². The Kier molecular flexibility index (Phi) is 8.65. The van der Waals surface area contributed by atoms with Gasteiger partial charge in [0.15, 0.2) is 0 Å². The molecule has 1 heteroatoms. The van der Waals surface area contributed by atoms with Gasteiger partial charge in [-0.2, -0.15) is 0 Å². The highest BCUT2D eigenvalue weighted by Crippen LogP contribution is 2.12. The third kappa shape index (κ3) is 6.90. The van der Waals surface area contributed by atoms with Crippen molar-refractivity contribution in [3.63, 3.8) is 0 Å². The summed E-state index contributed by atoms with van der Waals surface area (Å²) in [5, 5.41) is 8.81. The van der Waals surface area contributed by atoms with Crippen LogP contribution in [0.1, 0.15) is 52.9 Å². The van der Waals surface area contributed by atoms with Crippen molar-refractivity contribution in [3.05, 3.63) is 23.3 Å². The van der Waals surface area contributed by atoms with E-state index in [9.17, 15) is 0 Å². The summed E-state index contributed by atoms with van der Waals surface area (Å²) in [6.45, 7) is 6.59. The van der Waals surface area contributed by atoms with Gasteiger partial charge in [0.1, 0.15) is 0 Å². The molecule has 0 spiro atoms. The van der Waals surface area contributed by atoms with Crippen LogP contribution in [-0.2, 0) is 0 Å². The minimum Gasteiger partial charge on any atom is -0.392 e. The zero-order valence-corrected chi connectivity index (χ0v) is 9.84. The minimum atomic E-state index is 0.185. The van der Waals surface area contributed by atoms with Gasteiger partial charge in [0.25, 0.3) is 0 Å². The van der Waals surface area contributed by atoms with Gasteiger partial charge in [-0.05, 0) is 32.6 Å². The summed E-state index contributed by atoms with van der Waals surface area (Å²) in [5.41, 5.74) is 2.61. The molecule has 0 aliphatic carbocycles. The summed E-state index contributed by atoms with van der Waals surface area (Å²) in [4.78, 5) is 0. The highest BCUT2D eigenvalue weighted by atomic mass is 16.3. The molecule has 1 nitrogen and oxygen atoms in total. The molecular weight excluding hydrogens is 172 g/mol. The predicted octanol–water partition coefficient (Wildman–Crippen LogP) is 3.84. The molecule has 14 heavy (non-hydrogen) atoms. The van der Waals surface area contributed by atoms with E-state index in [0.717, 1.165) is 18.4 Å². The smallest absolute Gasteiger partial charge is 0.0639 e. The van der Waals surface area contributed by atoms with Gasteiger partial charge in [-0.1, -0.05) is 43.6 Å². The Morgan fingerprint density at radius 3 is 2.43 bits per heavy atom. The van der Waals surface area contributed by atoms with Crippen LogP contribution in [0.15, 0.2) is 23.3 Å². The fraction of sp³-hybridized carbons (Fsp3) is 0.692. The van der Waals surface area contributed by atoms with Crippen molar-refractivity contribution in [2.45, 2.75) is 52.9 Å². The van der Waals surface area contributed by atoms with Crippen LogP contribution in [0, 0.1) is 0 Å². The summed E-state index contributed by atoms with van der Waals surface area (Å²) in [6, 6.07) is 0. The number of hydrogen-bond acceptors (Lipinski definition) is 1. The average Bonchev–Trinajstić information content (AvgIpc) is 2.22. The third-order valence-electron chi connectivity index (χ3n) is 2.43. The Morgan fingerprint density at radius 1 is 1.21 bits per heavy atom. The van der Waals surface area contributed by atoms with Crippen molar-refractivity contribution >= 4 is 0 Å². The second kappa shape index (κ2) is 9.01. The van der Waals surface area contributed by atoms with Crippen LogP contribution in [0.2, 0.25) is 0 Å². The van der Waals surface area contributed by atoms with E-state index in [-0.39, 0.29) is 6.61 Å². The fourth-order valence-corrected chi connectivity index (χ4v) is 1.32. The Balaban J connectivity index is 3.92. The lowest BCUT2D eigenvalue weighted by molar-refractivity contribution is 0.331. The monoisotopic (exact) mass is 196 g/mol. The lowest BCUT2D eigenvalue weighted by Gasteiger charge is -2.02. The van der Waals surface area contributed by atoms with E-state index >= 15 is 0 Å². The molecule has 0 bridgehead atoms. The molecule has 0 atom stereocenters. The summed E-state index contributed by atoms with van der Waals surface area (Å²) in [5.74, 6) is 0. The Bertz CT molecular complexity index is 189. The average molecular weight is 196 g/mol. The minimum absolute atomic E-state index is 0.185. The van der Waals surface area contributed by atoms with E-state index in [1.807, 2.05) is 6.92 Å². The molecular formula is C13H24O. The molecule has 0 aliphatic rings. The molecule has 0 rings (SSSR count). The van der Waals surface area contributed by atoms with Crippen molar-refractivity contribution < 1.29 is 5.11 Å². The molecule has 0 heterocycles. The van der Waals surface area contributed by atoms with Crippen molar-refractivity contribution in [2.24, 2.45) is 0 Å². The van der Waals surface area contributed by atoms with Crippen molar-refractivity contribution in [1.29, 1.82) is 0 Å². The molecule has 0 aromatic carbocycles. The first-order chi connectivity index (χ1) is 6.74. The maximum atomic E-state index is 8.81. The molecule has 0 radical (unpaired) electrons. The first-order valence-electron chi connectivity index (χ1n) is 5.68. The SMILES string of the molecule is CCCC/C(=C/C/C=C(\C)CO)CC. The molecule has 0 aromatic rings. The van der Waals surface area contributed by atoms with Crippen molar-refractivity contribution in [2.75, 3.05) is 6.61 Å². The molecule has 0 aromatic heterocycles. The highest BCUT2D eigenvalue weighted by molar-refractivity contribution is 5.07. The number of unbranched alkanes of at least 4 members (excludes halogenated alkanes) is 1. The summed E-state index contributed by atoms with van der Waals surface area (Å²) in [6.07, 6.45) is 10.3. The zero-order valence-electron chi connectivity index (χ0n) is 9.84. The van der Waals surface area contributed by atoms with Crippen LogP contribution in [0.5, 0.6) is 0 Å². The standard InChI is InChI=1S/C13H24O/c1-4-6-9-13(5-2)10-7-8-12(3)11-14/h8,10,14H,4-7,9,11H2,1-3H3/b12-8+,13-10+. The highest BCUT2D eigenvalue weighted by Gasteiger charge is 1.92. The van der Waals surface area contributed by atoms with Crippen molar-refractivity contribution in [1.82, 2.24) is 0 Å². The van der Waals surface area contributed by atoms with Gasteiger partial charge in [0.2, 0.25) is 0 Å². The first kappa shape index (κ1) is 13.4. The summed E-state index contributed by atoms with van der Waals surface area (Å²) >= 11 is 0. The lowest BCUT2D eigenvalue weighted by atomic mass is 10.0. The Hall–Kier alpha value is -0.560. The lowest BCUT2D eigenvalue weighted by Crippen LogP contribution is -1.84. The van der Waals surface area contributed by atoms with Gasteiger partial charge in [-0.15, -0.1) is 0 Å². The second-order valence-electron chi connectivity index (χ2n) is 3.76. The van der Waals surface area contributed by atoms with Gasteiger partial charge in [0.05, 0.1) is 6.61 Å². The van der Waals surface area contributed by atoms with E-state index in [1.165, 1.54) is 19.3 Å². The number of aliphatic hydroxyl groups excluding tert-OH is 1. The number of allylic oxidation sites excluding steroid dienone is 3. The van der Waals surface area contributed by atoms with E-state index in [1.54, 1.807) is 5.57 Å². The van der Waals surface area contributed by atoms with Gasteiger partial charge in [-0.25, -0.2) is 0 Å². The number of hydrogen-bond donors (Lipinski definition) is 1. The van der Waals surface area contributed by atoms with Crippen LogP contribution in [0.3, 0.4) is 0 Å². The molecule has 0 saturated heterocycles. The predicted molar refractivity (Wildman–Crippen MR) is 63.4 cm³/mol. The van der Waals surface area contributed by atoms with Gasteiger partial charge in [-0.3, -0.25) is 0 Å². The molecule has 1 N–H and O–H groups in total. The molecule has 0 saturated carbocycles. The maximum Gasteiger partial charge on any atom is 0.0639 e. The topological polar surface area (TPSA) is 20.2 Å². The zero-order chi connectivity index (χ0) is 10.8.